The molecule has 1 aliphatic rings. The number of carbonyl (C=O) groups excluding carboxylic acids is 1. The zero-order valence-corrected chi connectivity index (χ0v) is 14.5. The molecule has 0 radical (unpaired) electrons. The fraction of sp³-hybridized carbons (Fsp3) is 0.400. The van der Waals surface area contributed by atoms with Gasteiger partial charge in [-0.1, -0.05) is 12.1 Å². The van der Waals surface area contributed by atoms with Crippen molar-refractivity contribution >= 4 is 11.6 Å². The summed E-state index contributed by atoms with van der Waals surface area (Å²) in [6.45, 7) is 3.57. The highest BCUT2D eigenvalue weighted by Gasteiger charge is 2.16. The van der Waals surface area contributed by atoms with Gasteiger partial charge in [-0.2, -0.15) is 0 Å². The Bertz CT molecular complexity index is 668. The minimum absolute atomic E-state index is 0.00648. The first kappa shape index (κ1) is 17.4. The maximum absolute atomic E-state index is 12.4. The van der Waals surface area contributed by atoms with Gasteiger partial charge in [-0.05, 0) is 61.6 Å². The quantitative estimate of drug-likeness (QED) is 0.679. The van der Waals surface area contributed by atoms with Crippen LogP contribution in [0.1, 0.15) is 41.1 Å². The minimum atomic E-state index is 0.00648. The van der Waals surface area contributed by atoms with E-state index in [1.54, 1.807) is 12.4 Å². The lowest BCUT2D eigenvalue weighted by atomic mass is 9.90. The maximum Gasteiger partial charge on any atom is 0.251 e. The highest BCUT2D eigenvalue weighted by atomic mass is 16.1. The summed E-state index contributed by atoms with van der Waals surface area (Å²) in [5.41, 5.74) is 3.02. The van der Waals surface area contributed by atoms with Gasteiger partial charge in [-0.3, -0.25) is 9.78 Å². The minimum Gasteiger partial charge on any atom is -0.384 e. The van der Waals surface area contributed by atoms with Gasteiger partial charge in [0.1, 0.15) is 0 Å². The summed E-state index contributed by atoms with van der Waals surface area (Å²) < 4.78 is 0. The molecular weight excluding hydrogens is 312 g/mol. The van der Waals surface area contributed by atoms with Crippen LogP contribution in [0.15, 0.2) is 48.8 Å². The van der Waals surface area contributed by atoms with Crippen LogP contribution in [-0.2, 0) is 0 Å². The van der Waals surface area contributed by atoms with Crippen molar-refractivity contribution in [1.29, 1.82) is 0 Å². The van der Waals surface area contributed by atoms with Crippen molar-refractivity contribution in [3.63, 3.8) is 0 Å². The zero-order valence-electron chi connectivity index (χ0n) is 14.5. The molecule has 0 unspecified atom stereocenters. The van der Waals surface area contributed by atoms with Crippen molar-refractivity contribution in [3.8, 4) is 0 Å². The summed E-state index contributed by atoms with van der Waals surface area (Å²) in [7, 11) is 0. The lowest BCUT2D eigenvalue weighted by molar-refractivity contribution is 0.0953. The van der Waals surface area contributed by atoms with E-state index in [1.807, 2.05) is 30.3 Å². The van der Waals surface area contributed by atoms with E-state index in [4.69, 9.17) is 0 Å². The fourth-order valence-electron chi connectivity index (χ4n) is 3.16. The highest BCUT2D eigenvalue weighted by molar-refractivity contribution is 5.94. The van der Waals surface area contributed by atoms with Gasteiger partial charge in [-0.25, -0.2) is 0 Å². The Labute approximate surface area is 149 Å². The number of nitrogens with zero attached hydrogens (tertiary/aromatic N) is 1. The van der Waals surface area contributed by atoms with Crippen LogP contribution < -0.4 is 16.0 Å². The van der Waals surface area contributed by atoms with Crippen LogP contribution in [0, 0.1) is 0 Å². The van der Waals surface area contributed by atoms with Gasteiger partial charge in [0.25, 0.3) is 5.91 Å². The normalized spacial score (nSPS) is 17.0. The van der Waals surface area contributed by atoms with Crippen molar-refractivity contribution in [1.82, 2.24) is 15.6 Å². The molecule has 1 atom stereocenters. The number of hydrogen-bond donors (Lipinski definition) is 3. The molecule has 0 saturated carbocycles. The van der Waals surface area contributed by atoms with Gasteiger partial charge >= 0.3 is 0 Å². The van der Waals surface area contributed by atoms with Crippen LogP contribution in [0.2, 0.25) is 0 Å². The predicted octanol–water partition coefficient (Wildman–Crippen LogP) is 2.78. The van der Waals surface area contributed by atoms with E-state index in [0.29, 0.717) is 12.5 Å². The first-order valence-electron chi connectivity index (χ1n) is 9.06. The van der Waals surface area contributed by atoms with Gasteiger partial charge < -0.3 is 16.0 Å². The number of carbonyl (C=O) groups is 1. The molecule has 0 bridgehead atoms. The Balaban J connectivity index is 1.43. The Morgan fingerprint density at radius 2 is 2.20 bits per heavy atom. The number of anilines is 1. The number of rotatable bonds is 7. The molecule has 1 saturated heterocycles. The third kappa shape index (κ3) is 5.29. The number of nitrogens with one attached hydrogen (secondary N) is 3. The lowest BCUT2D eigenvalue weighted by Crippen LogP contribution is -2.29. The van der Waals surface area contributed by atoms with E-state index in [9.17, 15) is 4.79 Å². The van der Waals surface area contributed by atoms with Crippen LogP contribution in [0.3, 0.4) is 0 Å². The Morgan fingerprint density at radius 3 is 3.00 bits per heavy atom. The summed E-state index contributed by atoms with van der Waals surface area (Å²) in [5.74, 6) is 0.525. The number of benzene rings is 1. The van der Waals surface area contributed by atoms with Crippen molar-refractivity contribution in [2.45, 2.75) is 25.2 Å². The first-order chi connectivity index (χ1) is 12.3. The largest absolute Gasteiger partial charge is 0.384 e. The Kier molecular flexibility index (Phi) is 6.40. The lowest BCUT2D eigenvalue weighted by Gasteiger charge is -2.23. The smallest absolute Gasteiger partial charge is 0.251 e. The van der Waals surface area contributed by atoms with E-state index in [-0.39, 0.29) is 5.91 Å². The van der Waals surface area contributed by atoms with Crippen molar-refractivity contribution in [3.05, 3.63) is 59.9 Å². The predicted molar refractivity (Wildman–Crippen MR) is 101 cm³/mol. The number of hydrogen-bond acceptors (Lipinski definition) is 4. The van der Waals surface area contributed by atoms with Crippen molar-refractivity contribution < 1.29 is 4.79 Å². The van der Waals surface area contributed by atoms with Gasteiger partial charge in [0.2, 0.25) is 0 Å². The van der Waals surface area contributed by atoms with Gasteiger partial charge in [0.15, 0.2) is 0 Å². The molecule has 1 aliphatic heterocycles. The van der Waals surface area contributed by atoms with Crippen molar-refractivity contribution in [2.24, 2.45) is 0 Å². The zero-order chi connectivity index (χ0) is 17.3. The number of aromatic nitrogens is 1. The van der Waals surface area contributed by atoms with Crippen molar-refractivity contribution in [2.75, 3.05) is 31.5 Å². The average molecular weight is 338 g/mol. The molecule has 3 rings (SSSR count). The van der Waals surface area contributed by atoms with Gasteiger partial charge in [-0.15, -0.1) is 0 Å². The summed E-state index contributed by atoms with van der Waals surface area (Å²) in [6.07, 6.45) is 6.81. The molecule has 5 nitrogen and oxygen atoms in total. The van der Waals surface area contributed by atoms with E-state index in [2.05, 4.69) is 27.0 Å². The number of pyridine rings is 1. The van der Waals surface area contributed by atoms with Crippen LogP contribution in [0.4, 0.5) is 5.69 Å². The van der Waals surface area contributed by atoms with E-state index in [1.165, 1.54) is 18.4 Å². The number of piperidine rings is 1. The van der Waals surface area contributed by atoms with E-state index in [0.717, 1.165) is 37.3 Å². The topological polar surface area (TPSA) is 66.0 Å². The standard InChI is InChI=1S/C20H26N4O/c25-20(24-12-4-11-23-19-8-3-10-22-15-19)17-6-1-5-16(13-17)18-7-2-9-21-14-18/h1,3,5-6,8,10,13,15,18,21,23H,2,4,7,9,11-12,14H2,(H,24,25)/t18-/m1/s1. The summed E-state index contributed by atoms with van der Waals surface area (Å²) >= 11 is 0. The van der Waals surface area contributed by atoms with Crippen LogP contribution >= 0.6 is 0 Å². The molecule has 1 aromatic carbocycles. The Morgan fingerprint density at radius 1 is 1.24 bits per heavy atom. The molecule has 1 fully saturated rings. The molecule has 3 N–H and O–H groups in total. The molecule has 0 spiro atoms. The SMILES string of the molecule is O=C(NCCCNc1cccnc1)c1cccc([C@@H]2CCCNC2)c1. The third-order valence-electron chi connectivity index (χ3n) is 4.55. The molecule has 1 aromatic heterocycles. The Hall–Kier alpha value is -2.40. The van der Waals surface area contributed by atoms with E-state index >= 15 is 0 Å². The third-order valence-corrected chi connectivity index (χ3v) is 4.55. The molecule has 2 aromatic rings. The molecule has 1 amide bonds. The maximum atomic E-state index is 12.4. The second kappa shape index (κ2) is 9.18. The van der Waals surface area contributed by atoms with Crippen LogP contribution in [0.25, 0.3) is 0 Å². The average Bonchev–Trinajstić information content (AvgIpc) is 2.69. The van der Waals surface area contributed by atoms with Crippen LogP contribution in [-0.4, -0.2) is 37.1 Å². The summed E-state index contributed by atoms with van der Waals surface area (Å²) in [6, 6.07) is 11.9. The second-order valence-electron chi connectivity index (χ2n) is 6.45. The fourth-order valence-corrected chi connectivity index (χ4v) is 3.16. The molecule has 25 heavy (non-hydrogen) atoms. The second-order valence-corrected chi connectivity index (χ2v) is 6.45. The van der Waals surface area contributed by atoms with E-state index < -0.39 is 0 Å². The number of amides is 1. The monoisotopic (exact) mass is 338 g/mol. The van der Waals surface area contributed by atoms with Crippen LogP contribution in [0.5, 0.6) is 0 Å². The summed E-state index contributed by atoms with van der Waals surface area (Å²) in [4.78, 5) is 16.4. The summed E-state index contributed by atoms with van der Waals surface area (Å²) in [5, 5.41) is 9.73. The molecular formula is C20H26N4O. The molecule has 5 heteroatoms. The molecule has 132 valence electrons. The van der Waals surface area contributed by atoms with Gasteiger partial charge in [0.05, 0.1) is 5.69 Å². The molecule has 0 aliphatic carbocycles. The highest BCUT2D eigenvalue weighted by Crippen LogP contribution is 2.23. The van der Waals surface area contributed by atoms with Gasteiger partial charge in [0, 0.05) is 37.6 Å². The molecule has 2 heterocycles. The first-order valence-corrected chi connectivity index (χ1v) is 9.06.